The first kappa shape index (κ1) is 15.9. The molecule has 2 aromatic rings. The van der Waals surface area contributed by atoms with Crippen LogP contribution in [-0.4, -0.2) is 11.0 Å². The lowest BCUT2D eigenvalue weighted by Crippen LogP contribution is -2.13. The zero-order valence-corrected chi connectivity index (χ0v) is 12.7. The average Bonchev–Trinajstić information content (AvgIpc) is 2.50. The Morgan fingerprint density at radius 1 is 1.23 bits per heavy atom. The minimum absolute atomic E-state index is 0.0242. The molecule has 0 aliphatic carbocycles. The number of para-hydroxylation sites is 1. The van der Waals surface area contributed by atoms with Gasteiger partial charge in [0.15, 0.2) is 0 Å². The maximum Gasteiger partial charge on any atom is 0.266 e. The van der Waals surface area contributed by atoms with Crippen LogP contribution in [-0.2, 0) is 4.79 Å². The molecule has 1 amide bonds. The van der Waals surface area contributed by atoms with Crippen molar-refractivity contribution in [2.45, 2.75) is 0 Å². The van der Waals surface area contributed by atoms with Crippen LogP contribution in [0.3, 0.4) is 0 Å². The van der Waals surface area contributed by atoms with Gasteiger partial charge in [0.05, 0.1) is 10.7 Å². The zero-order valence-electron chi connectivity index (χ0n) is 11.2. The van der Waals surface area contributed by atoms with Gasteiger partial charge in [-0.3, -0.25) is 4.79 Å². The van der Waals surface area contributed by atoms with E-state index in [2.05, 4.69) is 5.32 Å². The van der Waals surface area contributed by atoms with Crippen molar-refractivity contribution in [1.82, 2.24) is 0 Å². The maximum atomic E-state index is 12.1. The fourth-order valence-electron chi connectivity index (χ4n) is 1.70. The van der Waals surface area contributed by atoms with Gasteiger partial charge in [-0.15, -0.1) is 0 Å². The molecule has 0 aliphatic heterocycles. The fourth-order valence-corrected chi connectivity index (χ4v) is 2.03. The van der Waals surface area contributed by atoms with E-state index in [-0.39, 0.29) is 11.3 Å². The Bertz CT molecular complexity index is 795. The highest BCUT2D eigenvalue weighted by Crippen LogP contribution is 2.26. The summed E-state index contributed by atoms with van der Waals surface area (Å²) in [6, 6.07) is 12.8. The van der Waals surface area contributed by atoms with E-state index >= 15 is 0 Å². The molecule has 6 heteroatoms. The van der Waals surface area contributed by atoms with E-state index in [0.717, 1.165) is 0 Å². The highest BCUT2D eigenvalue weighted by molar-refractivity contribution is 6.36. The van der Waals surface area contributed by atoms with E-state index < -0.39 is 5.91 Å². The van der Waals surface area contributed by atoms with E-state index in [0.29, 0.717) is 21.3 Å². The van der Waals surface area contributed by atoms with E-state index in [9.17, 15) is 9.90 Å². The molecule has 0 aromatic heterocycles. The van der Waals surface area contributed by atoms with Gasteiger partial charge in [0.1, 0.15) is 17.4 Å². The molecular weight excluding hydrogens is 323 g/mol. The van der Waals surface area contributed by atoms with Crippen LogP contribution in [0.25, 0.3) is 6.08 Å². The first-order valence-electron chi connectivity index (χ1n) is 6.17. The van der Waals surface area contributed by atoms with Crippen LogP contribution in [0.2, 0.25) is 10.0 Å². The molecule has 0 unspecified atom stereocenters. The predicted molar refractivity (Wildman–Crippen MR) is 86.8 cm³/mol. The first-order chi connectivity index (χ1) is 10.5. The second kappa shape index (κ2) is 6.99. The lowest BCUT2D eigenvalue weighted by atomic mass is 10.1. The molecule has 2 N–H and O–H groups in total. The normalized spacial score (nSPS) is 10.9. The molecule has 4 nitrogen and oxygen atoms in total. The smallest absolute Gasteiger partial charge is 0.266 e. The Labute approximate surface area is 137 Å². The second-order valence-corrected chi connectivity index (χ2v) is 5.15. The zero-order chi connectivity index (χ0) is 16.1. The number of anilines is 1. The minimum atomic E-state index is -0.644. The van der Waals surface area contributed by atoms with Crippen molar-refractivity contribution in [2.24, 2.45) is 0 Å². The van der Waals surface area contributed by atoms with Gasteiger partial charge in [0.25, 0.3) is 5.91 Å². The van der Waals surface area contributed by atoms with Crippen molar-refractivity contribution in [1.29, 1.82) is 5.26 Å². The van der Waals surface area contributed by atoms with Gasteiger partial charge in [-0.2, -0.15) is 5.26 Å². The highest BCUT2D eigenvalue weighted by atomic mass is 35.5. The van der Waals surface area contributed by atoms with Crippen LogP contribution >= 0.6 is 23.2 Å². The van der Waals surface area contributed by atoms with Crippen molar-refractivity contribution >= 4 is 40.9 Å². The number of phenolic OH excluding ortho intramolecular Hbond substituents is 1. The first-order valence-corrected chi connectivity index (χ1v) is 6.93. The number of aromatic hydroxyl groups is 1. The monoisotopic (exact) mass is 332 g/mol. The summed E-state index contributed by atoms with van der Waals surface area (Å²) in [6.07, 6.45) is 1.29. The molecule has 2 rings (SSSR count). The summed E-state index contributed by atoms with van der Waals surface area (Å²) in [5, 5.41) is 22.0. The van der Waals surface area contributed by atoms with E-state index in [1.807, 2.05) is 0 Å². The number of nitrogens with zero attached hydrogens (tertiary/aromatic N) is 1. The van der Waals surface area contributed by atoms with Gasteiger partial charge >= 0.3 is 0 Å². The average molecular weight is 333 g/mol. The number of carbonyl (C=O) groups is 1. The summed E-state index contributed by atoms with van der Waals surface area (Å²) < 4.78 is 0. The number of hydrogen-bond donors (Lipinski definition) is 2. The topological polar surface area (TPSA) is 73.1 Å². The predicted octanol–water partition coefficient (Wildman–Crippen LogP) is 4.24. The number of benzene rings is 2. The number of nitriles is 1. The molecule has 0 aliphatic rings. The molecule has 0 fully saturated rings. The summed E-state index contributed by atoms with van der Waals surface area (Å²) >= 11 is 11.8. The van der Waals surface area contributed by atoms with Crippen molar-refractivity contribution < 1.29 is 9.90 Å². The molecule has 2 aromatic carbocycles. The van der Waals surface area contributed by atoms with Crippen LogP contribution in [0.1, 0.15) is 5.56 Å². The molecular formula is C16H10Cl2N2O2. The molecule has 22 heavy (non-hydrogen) atoms. The Hall–Kier alpha value is -2.48. The number of phenols is 1. The highest BCUT2D eigenvalue weighted by Gasteiger charge is 2.12. The fraction of sp³-hybridized carbons (Fsp3) is 0. The lowest BCUT2D eigenvalue weighted by Gasteiger charge is -2.07. The Kier molecular flexibility index (Phi) is 5.05. The summed E-state index contributed by atoms with van der Waals surface area (Å²) in [5.41, 5.74) is 0.501. The molecule has 0 radical (unpaired) electrons. The minimum Gasteiger partial charge on any atom is -0.507 e. The lowest BCUT2D eigenvalue weighted by molar-refractivity contribution is -0.112. The molecule has 0 heterocycles. The number of hydrogen-bond acceptors (Lipinski definition) is 3. The Morgan fingerprint density at radius 3 is 2.64 bits per heavy atom. The SMILES string of the molecule is N#CC(=Cc1ccccc1O)C(=O)Nc1cc(Cl)ccc1Cl. The number of halogens is 2. The standard InChI is InChI=1S/C16H10Cl2N2O2/c17-12-5-6-13(18)14(8-12)20-16(22)11(9-19)7-10-3-1-2-4-15(10)21/h1-8,21H,(H,20,22). The van der Waals surface area contributed by atoms with Crippen molar-refractivity contribution in [3.63, 3.8) is 0 Å². The van der Waals surface area contributed by atoms with E-state index in [1.165, 1.54) is 24.3 Å². The van der Waals surface area contributed by atoms with Crippen LogP contribution in [0, 0.1) is 11.3 Å². The number of amides is 1. The van der Waals surface area contributed by atoms with Gasteiger partial charge in [-0.05, 0) is 30.3 Å². The number of nitrogens with one attached hydrogen (secondary N) is 1. The third kappa shape index (κ3) is 3.79. The summed E-state index contributed by atoms with van der Waals surface area (Å²) in [4.78, 5) is 12.1. The van der Waals surface area contributed by atoms with Gasteiger partial charge in [0, 0.05) is 10.6 Å². The van der Waals surface area contributed by atoms with Gasteiger partial charge in [-0.25, -0.2) is 0 Å². The largest absolute Gasteiger partial charge is 0.507 e. The molecule has 0 saturated carbocycles. The van der Waals surface area contributed by atoms with Crippen molar-refractivity contribution in [3.05, 3.63) is 63.6 Å². The van der Waals surface area contributed by atoms with Crippen LogP contribution in [0.4, 0.5) is 5.69 Å². The quantitative estimate of drug-likeness (QED) is 0.652. The maximum absolute atomic E-state index is 12.1. The van der Waals surface area contributed by atoms with E-state index in [4.69, 9.17) is 28.5 Å². The molecule has 0 atom stereocenters. The van der Waals surface area contributed by atoms with Gasteiger partial charge < -0.3 is 10.4 Å². The van der Waals surface area contributed by atoms with Crippen LogP contribution in [0.15, 0.2) is 48.0 Å². The second-order valence-electron chi connectivity index (χ2n) is 4.31. The Balaban J connectivity index is 2.29. The Morgan fingerprint density at radius 2 is 1.95 bits per heavy atom. The molecule has 110 valence electrons. The molecule has 0 spiro atoms. The van der Waals surface area contributed by atoms with Crippen molar-refractivity contribution in [3.8, 4) is 11.8 Å². The van der Waals surface area contributed by atoms with Crippen molar-refractivity contribution in [2.75, 3.05) is 5.32 Å². The van der Waals surface area contributed by atoms with E-state index in [1.54, 1.807) is 30.3 Å². The third-order valence-electron chi connectivity index (χ3n) is 2.78. The number of rotatable bonds is 3. The van der Waals surface area contributed by atoms with Crippen LogP contribution < -0.4 is 5.32 Å². The van der Waals surface area contributed by atoms with Crippen LogP contribution in [0.5, 0.6) is 5.75 Å². The molecule has 0 saturated heterocycles. The summed E-state index contributed by atoms with van der Waals surface area (Å²) in [7, 11) is 0. The summed E-state index contributed by atoms with van der Waals surface area (Å²) in [5.74, 6) is -0.668. The van der Waals surface area contributed by atoms with Gasteiger partial charge in [-0.1, -0.05) is 41.4 Å². The number of carbonyl (C=O) groups excluding carboxylic acids is 1. The summed E-state index contributed by atoms with van der Waals surface area (Å²) in [6.45, 7) is 0. The van der Waals surface area contributed by atoms with Gasteiger partial charge in [0.2, 0.25) is 0 Å². The third-order valence-corrected chi connectivity index (χ3v) is 3.34. The molecule has 0 bridgehead atoms.